The minimum atomic E-state index is -0.780. The van der Waals surface area contributed by atoms with Gasteiger partial charge in [-0.3, -0.25) is 14.4 Å². The molecule has 1 unspecified atom stereocenters. The van der Waals surface area contributed by atoms with Crippen LogP contribution < -0.4 is 0 Å². The van der Waals surface area contributed by atoms with Crippen LogP contribution in [0.3, 0.4) is 0 Å². The predicted octanol–water partition coefficient (Wildman–Crippen LogP) is 17.3. The molecular formula is C55H100O6. The van der Waals surface area contributed by atoms with Gasteiger partial charge in [0.1, 0.15) is 13.2 Å². The highest BCUT2D eigenvalue weighted by Gasteiger charge is 2.19. The Morgan fingerprint density at radius 2 is 0.639 bits per heavy atom. The molecule has 0 bridgehead atoms. The average Bonchev–Trinajstić information content (AvgIpc) is 3.26. The second-order valence-corrected chi connectivity index (χ2v) is 17.8. The van der Waals surface area contributed by atoms with Crippen molar-refractivity contribution in [2.24, 2.45) is 0 Å². The van der Waals surface area contributed by atoms with Gasteiger partial charge in [0.15, 0.2) is 6.10 Å². The van der Waals surface area contributed by atoms with Gasteiger partial charge in [-0.05, 0) is 51.4 Å². The lowest BCUT2D eigenvalue weighted by Crippen LogP contribution is -2.30. The van der Waals surface area contributed by atoms with Crippen LogP contribution in [0.2, 0.25) is 0 Å². The molecule has 0 aromatic carbocycles. The van der Waals surface area contributed by atoms with Crippen LogP contribution in [0, 0.1) is 0 Å². The number of unbranched alkanes of at least 4 members (excludes halogenated alkanes) is 31. The SMILES string of the molecule is CC/C=C\C/C=C\C/C=C\CCCCCC(=O)OC(COC(=O)CCCCCCCC)COC(=O)CCCCCCCCCCCCCCCCCCCCCCCCCC. The summed E-state index contributed by atoms with van der Waals surface area (Å²) < 4.78 is 16.7. The summed E-state index contributed by atoms with van der Waals surface area (Å²) in [6, 6.07) is 0. The molecule has 61 heavy (non-hydrogen) atoms. The maximum absolute atomic E-state index is 12.7. The summed E-state index contributed by atoms with van der Waals surface area (Å²) in [5, 5.41) is 0. The van der Waals surface area contributed by atoms with E-state index < -0.39 is 6.10 Å². The van der Waals surface area contributed by atoms with E-state index in [2.05, 4.69) is 57.2 Å². The Bertz CT molecular complexity index is 1030. The van der Waals surface area contributed by atoms with Crippen LogP contribution >= 0.6 is 0 Å². The van der Waals surface area contributed by atoms with Crippen molar-refractivity contribution >= 4 is 17.9 Å². The molecule has 0 heterocycles. The van der Waals surface area contributed by atoms with E-state index >= 15 is 0 Å². The van der Waals surface area contributed by atoms with Gasteiger partial charge in [-0.1, -0.05) is 243 Å². The third kappa shape index (κ3) is 48.5. The van der Waals surface area contributed by atoms with Gasteiger partial charge in [0, 0.05) is 19.3 Å². The van der Waals surface area contributed by atoms with Gasteiger partial charge < -0.3 is 14.2 Å². The summed E-state index contributed by atoms with van der Waals surface area (Å²) in [5.74, 6) is -0.911. The van der Waals surface area contributed by atoms with E-state index in [-0.39, 0.29) is 31.1 Å². The van der Waals surface area contributed by atoms with Crippen molar-refractivity contribution in [1.82, 2.24) is 0 Å². The average molecular weight is 857 g/mol. The summed E-state index contributed by atoms with van der Waals surface area (Å²) >= 11 is 0. The molecule has 0 rings (SSSR count). The number of rotatable bonds is 48. The fourth-order valence-corrected chi connectivity index (χ4v) is 7.69. The van der Waals surface area contributed by atoms with E-state index in [0.717, 1.165) is 83.5 Å². The molecule has 356 valence electrons. The number of allylic oxidation sites excluding steroid dienone is 6. The van der Waals surface area contributed by atoms with Crippen LogP contribution in [0.4, 0.5) is 0 Å². The Hall–Kier alpha value is -2.37. The lowest BCUT2D eigenvalue weighted by atomic mass is 10.0. The van der Waals surface area contributed by atoms with E-state index in [1.165, 1.54) is 154 Å². The van der Waals surface area contributed by atoms with Gasteiger partial charge in [-0.2, -0.15) is 0 Å². The molecule has 0 amide bonds. The highest BCUT2D eigenvalue weighted by molar-refractivity contribution is 5.71. The first-order valence-corrected chi connectivity index (χ1v) is 26.5. The first kappa shape index (κ1) is 58.6. The highest BCUT2D eigenvalue weighted by atomic mass is 16.6. The second kappa shape index (κ2) is 50.3. The third-order valence-electron chi connectivity index (χ3n) is 11.7. The molecule has 0 aliphatic rings. The predicted molar refractivity (Wildman–Crippen MR) is 261 cm³/mol. The Morgan fingerprint density at radius 1 is 0.344 bits per heavy atom. The summed E-state index contributed by atoms with van der Waals surface area (Å²) in [6.07, 6.45) is 58.9. The zero-order chi connectivity index (χ0) is 44.4. The second-order valence-electron chi connectivity index (χ2n) is 17.8. The number of hydrogen-bond acceptors (Lipinski definition) is 6. The van der Waals surface area contributed by atoms with Crippen molar-refractivity contribution in [2.75, 3.05) is 13.2 Å². The van der Waals surface area contributed by atoms with Gasteiger partial charge >= 0.3 is 17.9 Å². The molecule has 0 aliphatic heterocycles. The van der Waals surface area contributed by atoms with Gasteiger partial charge in [0.25, 0.3) is 0 Å². The molecule has 0 aromatic heterocycles. The van der Waals surface area contributed by atoms with E-state index in [1.807, 2.05) is 0 Å². The van der Waals surface area contributed by atoms with Gasteiger partial charge in [-0.25, -0.2) is 0 Å². The maximum atomic E-state index is 12.7. The summed E-state index contributed by atoms with van der Waals surface area (Å²) in [6.45, 7) is 6.46. The molecular weight excluding hydrogens is 757 g/mol. The van der Waals surface area contributed by atoms with E-state index in [9.17, 15) is 14.4 Å². The Kier molecular flexibility index (Phi) is 48.3. The fourth-order valence-electron chi connectivity index (χ4n) is 7.69. The standard InChI is InChI=1S/C55H100O6/c1-4-7-10-13-16-18-20-22-23-24-25-26-27-28-29-30-31-32-34-35-37-39-42-45-48-54(57)60-51-52(50-59-53(56)47-44-41-15-12-9-6-3)61-55(58)49-46-43-40-38-36-33-21-19-17-14-11-8-5-2/h8,11,17,19,33,36,52H,4-7,9-10,12-16,18,20-32,34-35,37-51H2,1-3H3/b11-8-,19-17-,36-33-. The number of ether oxygens (including phenoxy) is 3. The van der Waals surface area contributed by atoms with Crippen LogP contribution in [0.15, 0.2) is 36.5 Å². The monoisotopic (exact) mass is 857 g/mol. The van der Waals surface area contributed by atoms with Crippen LogP contribution in [0.5, 0.6) is 0 Å². The third-order valence-corrected chi connectivity index (χ3v) is 11.7. The molecule has 0 fully saturated rings. The van der Waals surface area contributed by atoms with Crippen molar-refractivity contribution in [3.8, 4) is 0 Å². The molecule has 0 aliphatic carbocycles. The molecule has 0 N–H and O–H groups in total. The van der Waals surface area contributed by atoms with Crippen molar-refractivity contribution in [2.45, 2.75) is 284 Å². The van der Waals surface area contributed by atoms with Crippen molar-refractivity contribution in [3.63, 3.8) is 0 Å². The zero-order valence-corrected chi connectivity index (χ0v) is 40.7. The number of hydrogen-bond donors (Lipinski definition) is 0. The highest BCUT2D eigenvalue weighted by Crippen LogP contribution is 2.17. The molecule has 0 aromatic rings. The quantitative estimate of drug-likeness (QED) is 0.0262. The fraction of sp³-hybridized carbons (Fsp3) is 0.836. The lowest BCUT2D eigenvalue weighted by Gasteiger charge is -2.18. The van der Waals surface area contributed by atoms with Crippen LogP contribution in [-0.2, 0) is 28.6 Å². The Balaban J connectivity index is 4.08. The van der Waals surface area contributed by atoms with Crippen LogP contribution in [-0.4, -0.2) is 37.2 Å². The smallest absolute Gasteiger partial charge is 0.306 e. The first-order valence-electron chi connectivity index (χ1n) is 26.5. The van der Waals surface area contributed by atoms with Gasteiger partial charge in [0.2, 0.25) is 0 Å². The topological polar surface area (TPSA) is 78.9 Å². The van der Waals surface area contributed by atoms with Crippen LogP contribution in [0.1, 0.15) is 278 Å². The van der Waals surface area contributed by atoms with E-state index in [0.29, 0.717) is 19.3 Å². The van der Waals surface area contributed by atoms with E-state index in [1.54, 1.807) is 0 Å². The lowest BCUT2D eigenvalue weighted by molar-refractivity contribution is -0.167. The number of esters is 3. The minimum absolute atomic E-state index is 0.0809. The molecule has 0 saturated carbocycles. The largest absolute Gasteiger partial charge is 0.462 e. The summed E-state index contributed by atoms with van der Waals surface area (Å²) in [5.41, 5.74) is 0. The van der Waals surface area contributed by atoms with Crippen molar-refractivity contribution in [3.05, 3.63) is 36.5 Å². The number of carbonyl (C=O) groups excluding carboxylic acids is 3. The Labute approximate surface area is 378 Å². The van der Waals surface area contributed by atoms with Gasteiger partial charge in [-0.15, -0.1) is 0 Å². The molecule has 0 spiro atoms. The van der Waals surface area contributed by atoms with E-state index in [4.69, 9.17) is 14.2 Å². The normalized spacial score (nSPS) is 12.2. The van der Waals surface area contributed by atoms with Crippen molar-refractivity contribution < 1.29 is 28.6 Å². The summed E-state index contributed by atoms with van der Waals surface area (Å²) in [7, 11) is 0. The molecule has 6 nitrogen and oxygen atoms in total. The minimum Gasteiger partial charge on any atom is -0.462 e. The van der Waals surface area contributed by atoms with Gasteiger partial charge in [0.05, 0.1) is 0 Å². The molecule has 0 radical (unpaired) electrons. The molecule has 1 atom stereocenters. The zero-order valence-electron chi connectivity index (χ0n) is 40.7. The van der Waals surface area contributed by atoms with Crippen molar-refractivity contribution in [1.29, 1.82) is 0 Å². The first-order chi connectivity index (χ1) is 30.0. The summed E-state index contributed by atoms with van der Waals surface area (Å²) in [4.78, 5) is 37.7. The number of carbonyl (C=O) groups is 3. The maximum Gasteiger partial charge on any atom is 0.306 e. The Morgan fingerprint density at radius 3 is 1.00 bits per heavy atom. The molecule has 6 heteroatoms. The molecule has 0 saturated heterocycles. The van der Waals surface area contributed by atoms with Crippen LogP contribution in [0.25, 0.3) is 0 Å².